The fraction of sp³-hybridized carbons (Fsp3) is 0.377. The first-order chi connectivity index (χ1) is 35.0. The van der Waals surface area contributed by atoms with E-state index in [0.29, 0.717) is 22.4 Å². The predicted molar refractivity (Wildman–Crippen MR) is 270 cm³/mol. The second-order valence-electron chi connectivity index (χ2n) is 20.7. The molecule has 9 rings (SSSR count). The van der Waals surface area contributed by atoms with E-state index in [4.69, 9.17) is 11.5 Å². The Morgan fingerprint density at radius 3 is 1.39 bits per heavy atom. The van der Waals surface area contributed by atoms with Crippen molar-refractivity contribution in [3.63, 3.8) is 0 Å². The summed E-state index contributed by atoms with van der Waals surface area (Å²) in [5, 5.41) is 99.0. The molecule has 0 unspecified atom stereocenters. The number of phenolic OH excluding ortho intramolecular Hbond substituents is 2. The van der Waals surface area contributed by atoms with Crippen molar-refractivity contribution in [2.45, 2.75) is 49.0 Å². The van der Waals surface area contributed by atoms with E-state index in [9.17, 15) is 79.5 Å². The Kier molecular flexibility index (Phi) is 13.1. The van der Waals surface area contributed by atoms with Crippen molar-refractivity contribution in [1.82, 2.24) is 9.80 Å². The van der Waals surface area contributed by atoms with E-state index in [2.05, 4.69) is 0 Å². The van der Waals surface area contributed by atoms with Gasteiger partial charge in [-0.3, -0.25) is 38.6 Å². The molecule has 6 aliphatic carbocycles. The zero-order valence-electron chi connectivity index (χ0n) is 42.2. The van der Waals surface area contributed by atoms with Crippen LogP contribution in [-0.4, -0.2) is 176 Å². The Hall–Kier alpha value is -8.05. The number of carboxylic acid groups (broad SMARTS) is 1. The summed E-state index contributed by atoms with van der Waals surface area (Å²) in [4.78, 5) is 96.0. The van der Waals surface area contributed by atoms with Crippen LogP contribution < -0.4 is 21.3 Å². The van der Waals surface area contributed by atoms with Crippen molar-refractivity contribution in [2.75, 3.05) is 66.2 Å². The maximum Gasteiger partial charge on any atom is 0.335 e. The highest BCUT2D eigenvalue weighted by Gasteiger charge is 2.66. The molecule has 3 aromatic carbocycles. The quantitative estimate of drug-likeness (QED) is 0.142. The van der Waals surface area contributed by atoms with Crippen LogP contribution >= 0.6 is 0 Å². The number of nitrogens with zero attached hydrogens (tertiary/aromatic N) is 4. The first kappa shape index (κ1) is 53.2. The Morgan fingerprint density at radius 1 is 0.587 bits per heavy atom. The second-order valence-corrected chi connectivity index (χ2v) is 20.7. The standard InChI is InChI=1S/C30H31N3O9.C23H27N3O7/c1-32(2)18-11-15(12-5-7-13(8-6-12)29(40)41)23(34)20-16(18)9-14-10-17-22(33(3)4)25(36)21(28(31)39)27(38)30(17,42)26(37)19(14)24(20)35;1-25(2)12-5-6-13(27)15-10(12)7-9-8-11-17(26(3)4)19(29)16(22(24)32)21(31)23(11,33)20(30)14(9)18(15)28/h5-8,11,14,17,22,34-35,38,42H,9-10H2,1-4H3,(H2,31,39)(H,40,41);5-6,9,11,17,27-28,31,33H,7-8H2,1-4H3,(H2,24,32)/t14-,17-,22-,30-;9-,11-,17-,23-/m00/s1. The van der Waals surface area contributed by atoms with Gasteiger partial charge in [-0.15, -0.1) is 0 Å². The van der Waals surface area contributed by atoms with Crippen LogP contribution in [0, 0.1) is 23.7 Å². The number of nitrogens with two attached hydrogens (primary N) is 2. The lowest BCUT2D eigenvalue weighted by molar-refractivity contribution is -0.155. The molecule has 8 atom stereocenters. The van der Waals surface area contributed by atoms with Gasteiger partial charge in [0, 0.05) is 68.1 Å². The monoisotopic (exact) mass is 1030 g/mol. The molecule has 22 heteroatoms. The van der Waals surface area contributed by atoms with Crippen LogP contribution in [0.4, 0.5) is 11.4 Å². The highest BCUT2D eigenvalue weighted by molar-refractivity contribution is 6.26. The number of rotatable bonds is 8. The topological polar surface area (TPSA) is 367 Å². The second kappa shape index (κ2) is 18.4. The molecule has 2 fully saturated rings. The van der Waals surface area contributed by atoms with E-state index in [1.807, 2.05) is 19.0 Å². The number of aromatic hydroxyl groups is 2. The molecule has 2 amide bonds. The average Bonchev–Trinajstić information content (AvgIpc) is 3.32. The molecule has 0 bridgehead atoms. The number of ketones is 4. The Balaban J connectivity index is 0.000000205. The van der Waals surface area contributed by atoms with Crippen molar-refractivity contribution in [1.29, 1.82) is 0 Å². The molecule has 0 radical (unpaired) electrons. The third kappa shape index (κ3) is 7.72. The number of aromatic carboxylic acids is 1. The van der Waals surface area contributed by atoms with Crippen LogP contribution in [0.2, 0.25) is 0 Å². The summed E-state index contributed by atoms with van der Waals surface area (Å²) in [5.41, 5.74) is 6.50. The van der Waals surface area contributed by atoms with E-state index in [-0.39, 0.29) is 70.6 Å². The third-order valence-corrected chi connectivity index (χ3v) is 15.7. The van der Waals surface area contributed by atoms with E-state index >= 15 is 0 Å². The summed E-state index contributed by atoms with van der Waals surface area (Å²) in [5.74, 6) is -14.9. The molecule has 22 nitrogen and oxygen atoms in total. The minimum Gasteiger partial charge on any atom is -0.508 e. The summed E-state index contributed by atoms with van der Waals surface area (Å²) >= 11 is 0. The fourth-order valence-electron chi connectivity index (χ4n) is 12.3. The van der Waals surface area contributed by atoms with Crippen LogP contribution in [0.25, 0.3) is 22.6 Å². The number of phenols is 2. The van der Waals surface area contributed by atoms with Gasteiger partial charge in [-0.1, -0.05) is 12.1 Å². The lowest BCUT2D eigenvalue weighted by atomic mass is 9.57. The lowest BCUT2D eigenvalue weighted by Gasteiger charge is -2.50. The van der Waals surface area contributed by atoms with Gasteiger partial charge in [0.05, 0.1) is 28.8 Å². The zero-order chi connectivity index (χ0) is 55.6. The number of hydrogen-bond donors (Lipinski definition) is 11. The number of aliphatic hydroxyl groups excluding tert-OH is 4. The number of benzene rings is 3. The Labute approximate surface area is 429 Å². The number of carbonyl (C=O) groups is 7. The van der Waals surface area contributed by atoms with Gasteiger partial charge in [-0.25, -0.2) is 4.79 Å². The first-order valence-corrected chi connectivity index (χ1v) is 23.7. The Bertz CT molecular complexity index is 3220. The number of anilines is 2. The molecule has 0 spiro atoms. The van der Waals surface area contributed by atoms with Crippen molar-refractivity contribution in [3.8, 4) is 22.6 Å². The largest absolute Gasteiger partial charge is 0.508 e. The molecule has 0 aliphatic heterocycles. The summed E-state index contributed by atoms with van der Waals surface area (Å²) in [7, 11) is 13.4. The number of aliphatic hydroxyl groups is 6. The molecule has 396 valence electrons. The van der Waals surface area contributed by atoms with Gasteiger partial charge in [0.15, 0.2) is 22.8 Å². The highest BCUT2D eigenvalue weighted by atomic mass is 16.4. The zero-order valence-corrected chi connectivity index (χ0v) is 42.2. The summed E-state index contributed by atoms with van der Waals surface area (Å²) < 4.78 is 0. The van der Waals surface area contributed by atoms with Gasteiger partial charge >= 0.3 is 5.97 Å². The number of primary amides is 2. The van der Waals surface area contributed by atoms with Gasteiger partial charge < -0.3 is 67.2 Å². The van der Waals surface area contributed by atoms with Crippen molar-refractivity contribution in [2.24, 2.45) is 35.1 Å². The smallest absolute Gasteiger partial charge is 0.335 e. The normalized spacial score (nSPS) is 26.9. The molecule has 75 heavy (non-hydrogen) atoms. The van der Waals surface area contributed by atoms with Crippen LogP contribution in [0.3, 0.4) is 0 Å². The molecule has 2 saturated carbocycles. The number of likely N-dealkylation sites (N-methyl/N-ethyl adjacent to an activating group) is 2. The number of hydrogen-bond acceptors (Lipinski definition) is 19. The molecular weight excluding hydrogens is 977 g/mol. The van der Waals surface area contributed by atoms with Crippen LogP contribution in [-0.2, 0) is 41.6 Å². The maximum absolute atomic E-state index is 14.1. The lowest BCUT2D eigenvalue weighted by Crippen LogP contribution is -2.65. The van der Waals surface area contributed by atoms with Gasteiger partial charge in [0.2, 0.25) is 11.6 Å². The van der Waals surface area contributed by atoms with Gasteiger partial charge in [-0.05, 0) is 113 Å². The van der Waals surface area contributed by atoms with Gasteiger partial charge in [-0.2, -0.15) is 0 Å². The molecule has 3 aromatic rings. The van der Waals surface area contributed by atoms with Crippen LogP contribution in [0.5, 0.6) is 11.5 Å². The van der Waals surface area contributed by atoms with Crippen LogP contribution in [0.15, 0.2) is 76.3 Å². The number of amides is 2. The van der Waals surface area contributed by atoms with Crippen molar-refractivity contribution >= 4 is 63.8 Å². The predicted octanol–water partition coefficient (Wildman–Crippen LogP) is 1.43. The third-order valence-electron chi connectivity index (χ3n) is 15.7. The number of Topliss-reactive ketones (excluding diaryl/α,β-unsaturated/α-hetero) is 4. The minimum atomic E-state index is -2.73. The van der Waals surface area contributed by atoms with Crippen molar-refractivity contribution < 1.29 is 79.5 Å². The SMILES string of the molecule is CN(C)c1cc(-c2ccc(C(=O)O)cc2)c(O)c2c1C[C@H]1C[C@H]3[C@H](N(C)C)C(=O)C(C(N)=O)=C(O)[C@@]3(O)C(=O)C1=C2O.CN(C)c1ccc(O)c2c1C[C@H]1C[C@H]3[C@H](N(C)C)C(=O)C(C(N)=O)=C(O)[C@@]3(O)C(=O)C1=C2O. The fourth-order valence-corrected chi connectivity index (χ4v) is 12.3. The van der Waals surface area contributed by atoms with E-state index in [1.54, 1.807) is 59.3 Å². The number of fused-ring (bicyclic) bond motifs is 6. The Morgan fingerprint density at radius 2 is 1.00 bits per heavy atom. The van der Waals surface area contributed by atoms with E-state index < -0.39 is 122 Å². The summed E-state index contributed by atoms with van der Waals surface area (Å²) in [6.07, 6.45) is 0.455. The number of carbonyl (C=O) groups excluding carboxylic acids is 6. The average molecular weight is 1040 g/mol. The van der Waals surface area contributed by atoms with Crippen molar-refractivity contribution in [3.05, 3.63) is 104 Å². The van der Waals surface area contributed by atoms with E-state index in [0.717, 1.165) is 5.69 Å². The van der Waals surface area contributed by atoms with E-state index in [1.165, 1.54) is 40.1 Å². The molecule has 13 N–H and O–H groups in total. The van der Waals surface area contributed by atoms with Gasteiger partial charge in [0.1, 0.15) is 45.7 Å². The summed E-state index contributed by atoms with van der Waals surface area (Å²) in [6.45, 7) is 0. The minimum absolute atomic E-state index is 0.0161. The molecule has 0 aromatic heterocycles. The first-order valence-electron chi connectivity index (χ1n) is 23.7. The highest BCUT2D eigenvalue weighted by Crippen LogP contribution is 2.56. The molecule has 0 heterocycles. The number of carboxylic acids is 1. The van der Waals surface area contributed by atoms with Crippen LogP contribution in [0.1, 0.15) is 45.5 Å². The molecule has 6 aliphatic rings. The van der Waals surface area contributed by atoms with Gasteiger partial charge in [0.25, 0.3) is 11.8 Å². The summed E-state index contributed by atoms with van der Waals surface area (Å²) in [6, 6.07) is 8.30. The molecular formula is C53H58N6O16. The molecule has 0 saturated heterocycles. The maximum atomic E-state index is 14.1.